The molecular formula is C21H24N2OS. The van der Waals surface area contributed by atoms with Gasteiger partial charge in [-0.2, -0.15) is 0 Å². The fourth-order valence-electron chi connectivity index (χ4n) is 3.64. The molecule has 130 valence electrons. The summed E-state index contributed by atoms with van der Waals surface area (Å²) in [7, 11) is 0. The lowest BCUT2D eigenvalue weighted by Crippen LogP contribution is -2.21. The first kappa shape index (κ1) is 16.5. The van der Waals surface area contributed by atoms with Crippen molar-refractivity contribution in [2.24, 2.45) is 5.92 Å². The number of aromatic nitrogens is 2. The van der Waals surface area contributed by atoms with Crippen molar-refractivity contribution in [1.29, 1.82) is 0 Å². The molecule has 0 radical (unpaired) electrons. The summed E-state index contributed by atoms with van der Waals surface area (Å²) in [6.45, 7) is 5.10. The van der Waals surface area contributed by atoms with Crippen LogP contribution < -0.4 is 5.56 Å². The van der Waals surface area contributed by atoms with Gasteiger partial charge in [0.15, 0.2) is 0 Å². The van der Waals surface area contributed by atoms with Gasteiger partial charge >= 0.3 is 0 Å². The highest BCUT2D eigenvalue weighted by atomic mass is 32.1. The summed E-state index contributed by atoms with van der Waals surface area (Å²) in [6.07, 6.45) is 7.60. The zero-order valence-corrected chi connectivity index (χ0v) is 15.7. The van der Waals surface area contributed by atoms with Crippen molar-refractivity contribution < 1.29 is 0 Å². The summed E-state index contributed by atoms with van der Waals surface area (Å²) < 4.78 is 1.77. The van der Waals surface area contributed by atoms with Gasteiger partial charge in [-0.3, -0.25) is 9.36 Å². The number of hydrogen-bond donors (Lipinski definition) is 0. The highest BCUT2D eigenvalue weighted by molar-refractivity contribution is 7.17. The number of hydrogen-bond acceptors (Lipinski definition) is 3. The lowest BCUT2D eigenvalue weighted by Gasteiger charge is -2.16. The minimum atomic E-state index is 0.0969. The van der Waals surface area contributed by atoms with Crippen LogP contribution in [0.15, 0.2) is 34.7 Å². The fourth-order valence-corrected chi connectivity index (χ4v) is 4.54. The number of thiophene rings is 1. The maximum atomic E-state index is 13.0. The molecule has 2 heterocycles. The Hall–Kier alpha value is -1.94. The zero-order chi connectivity index (χ0) is 17.4. The number of aryl methyl sites for hydroxylation is 3. The minimum Gasteiger partial charge on any atom is -0.299 e. The minimum absolute atomic E-state index is 0.0969. The summed E-state index contributed by atoms with van der Waals surface area (Å²) in [5.41, 5.74) is 5.23. The van der Waals surface area contributed by atoms with Gasteiger partial charge in [-0.15, -0.1) is 11.3 Å². The van der Waals surface area contributed by atoms with Crippen LogP contribution in [0.3, 0.4) is 0 Å². The van der Waals surface area contributed by atoms with E-state index in [9.17, 15) is 4.79 Å². The van der Waals surface area contributed by atoms with Crippen molar-refractivity contribution in [3.8, 4) is 11.1 Å². The van der Waals surface area contributed by atoms with Crippen LogP contribution in [0.25, 0.3) is 21.3 Å². The quantitative estimate of drug-likeness (QED) is 0.658. The van der Waals surface area contributed by atoms with Crippen molar-refractivity contribution in [3.63, 3.8) is 0 Å². The molecular weight excluding hydrogens is 328 g/mol. The summed E-state index contributed by atoms with van der Waals surface area (Å²) in [4.78, 5) is 18.4. The van der Waals surface area contributed by atoms with Gasteiger partial charge in [0.05, 0.1) is 11.7 Å². The molecule has 0 spiro atoms. The Morgan fingerprint density at radius 3 is 2.80 bits per heavy atom. The lowest BCUT2D eigenvalue weighted by molar-refractivity contribution is 0.506. The molecule has 0 saturated heterocycles. The second-order valence-electron chi connectivity index (χ2n) is 7.45. The van der Waals surface area contributed by atoms with E-state index in [1.54, 1.807) is 22.2 Å². The zero-order valence-electron chi connectivity index (χ0n) is 14.9. The van der Waals surface area contributed by atoms with Crippen LogP contribution in [0.1, 0.15) is 44.2 Å². The fraction of sp³-hybridized carbons (Fsp3) is 0.429. The smallest absolute Gasteiger partial charge is 0.262 e. The Morgan fingerprint density at radius 2 is 2.00 bits per heavy atom. The lowest BCUT2D eigenvalue weighted by atomic mass is 9.89. The molecule has 1 aliphatic carbocycles. The van der Waals surface area contributed by atoms with Crippen LogP contribution in [0, 0.1) is 5.92 Å². The van der Waals surface area contributed by atoms with Crippen molar-refractivity contribution in [1.82, 2.24) is 9.55 Å². The molecule has 3 aromatic rings. The monoisotopic (exact) mass is 352 g/mol. The molecule has 0 N–H and O–H groups in total. The molecule has 3 nitrogen and oxygen atoms in total. The van der Waals surface area contributed by atoms with Crippen LogP contribution in [0.4, 0.5) is 0 Å². The SMILES string of the molecule is CC(C)CCn1cnc2scc(-c3ccc4c(c3)CCCC4)c2c1=O. The normalized spacial score (nSPS) is 14.2. The van der Waals surface area contributed by atoms with E-state index in [0.29, 0.717) is 5.92 Å². The Bertz CT molecular complexity index is 968. The Kier molecular flexibility index (Phi) is 4.46. The van der Waals surface area contributed by atoms with E-state index >= 15 is 0 Å². The standard InChI is InChI=1S/C21H24N2OS/c1-14(2)9-10-23-13-22-20-19(21(23)24)18(12-25-20)17-8-7-15-5-3-4-6-16(15)11-17/h7-8,11-14H,3-6,9-10H2,1-2H3. The van der Waals surface area contributed by atoms with Crippen molar-refractivity contribution in [2.75, 3.05) is 0 Å². The molecule has 0 unspecified atom stereocenters. The maximum Gasteiger partial charge on any atom is 0.262 e. The molecule has 2 aromatic heterocycles. The second-order valence-corrected chi connectivity index (χ2v) is 8.30. The highest BCUT2D eigenvalue weighted by Gasteiger charge is 2.16. The molecule has 0 fully saturated rings. The first-order chi connectivity index (χ1) is 12.1. The Labute approximate surface area is 152 Å². The first-order valence-electron chi connectivity index (χ1n) is 9.22. The predicted octanol–water partition coefficient (Wildman–Crippen LogP) is 5.05. The molecule has 25 heavy (non-hydrogen) atoms. The third kappa shape index (κ3) is 3.15. The highest BCUT2D eigenvalue weighted by Crippen LogP contribution is 2.33. The number of fused-ring (bicyclic) bond motifs is 2. The first-order valence-corrected chi connectivity index (χ1v) is 10.1. The summed E-state index contributed by atoms with van der Waals surface area (Å²) in [5, 5.41) is 2.88. The van der Waals surface area contributed by atoms with Gasteiger partial charge in [0.1, 0.15) is 4.83 Å². The topological polar surface area (TPSA) is 34.9 Å². The van der Waals surface area contributed by atoms with Crippen molar-refractivity contribution in [2.45, 2.75) is 52.5 Å². The number of benzene rings is 1. The third-order valence-electron chi connectivity index (χ3n) is 5.17. The number of nitrogens with zero attached hydrogens (tertiary/aromatic N) is 2. The number of rotatable bonds is 4. The summed E-state index contributed by atoms with van der Waals surface area (Å²) in [6, 6.07) is 6.72. The molecule has 4 rings (SSSR count). The molecule has 0 aliphatic heterocycles. The average Bonchev–Trinajstić information content (AvgIpc) is 3.05. The third-order valence-corrected chi connectivity index (χ3v) is 6.05. The van der Waals surface area contributed by atoms with E-state index in [1.165, 1.54) is 30.4 Å². The average molecular weight is 353 g/mol. The van der Waals surface area contributed by atoms with E-state index in [4.69, 9.17) is 0 Å². The summed E-state index contributed by atoms with van der Waals surface area (Å²) in [5.74, 6) is 0.574. The predicted molar refractivity (Wildman–Crippen MR) is 105 cm³/mol. The van der Waals surface area contributed by atoms with Gasteiger partial charge in [-0.05, 0) is 54.7 Å². The Morgan fingerprint density at radius 1 is 1.20 bits per heavy atom. The van der Waals surface area contributed by atoms with Gasteiger partial charge in [0, 0.05) is 17.5 Å². The van der Waals surface area contributed by atoms with Crippen LogP contribution in [0.2, 0.25) is 0 Å². The van der Waals surface area contributed by atoms with E-state index in [0.717, 1.165) is 40.7 Å². The molecule has 4 heteroatoms. The molecule has 1 aromatic carbocycles. The van der Waals surface area contributed by atoms with Gasteiger partial charge in [0.25, 0.3) is 5.56 Å². The van der Waals surface area contributed by atoms with Gasteiger partial charge < -0.3 is 0 Å². The molecule has 0 atom stereocenters. The molecule has 0 amide bonds. The van der Waals surface area contributed by atoms with E-state index in [-0.39, 0.29) is 5.56 Å². The van der Waals surface area contributed by atoms with Crippen LogP contribution >= 0.6 is 11.3 Å². The Balaban J connectivity index is 1.80. The largest absolute Gasteiger partial charge is 0.299 e. The van der Waals surface area contributed by atoms with Crippen LogP contribution in [-0.4, -0.2) is 9.55 Å². The van der Waals surface area contributed by atoms with E-state index in [2.05, 4.69) is 42.4 Å². The molecule has 0 saturated carbocycles. The van der Waals surface area contributed by atoms with E-state index < -0.39 is 0 Å². The van der Waals surface area contributed by atoms with Crippen molar-refractivity contribution in [3.05, 3.63) is 51.4 Å². The van der Waals surface area contributed by atoms with Gasteiger partial charge in [0.2, 0.25) is 0 Å². The van der Waals surface area contributed by atoms with Crippen LogP contribution in [-0.2, 0) is 19.4 Å². The molecule has 1 aliphatic rings. The maximum absolute atomic E-state index is 13.0. The van der Waals surface area contributed by atoms with Gasteiger partial charge in [-0.1, -0.05) is 32.0 Å². The summed E-state index contributed by atoms with van der Waals surface area (Å²) >= 11 is 1.57. The molecule has 0 bridgehead atoms. The van der Waals surface area contributed by atoms with Crippen molar-refractivity contribution >= 4 is 21.6 Å². The van der Waals surface area contributed by atoms with Crippen LogP contribution in [0.5, 0.6) is 0 Å². The second kappa shape index (κ2) is 6.75. The van der Waals surface area contributed by atoms with Gasteiger partial charge in [-0.25, -0.2) is 4.98 Å². The van der Waals surface area contributed by atoms with E-state index in [1.807, 2.05) is 0 Å².